The number of sulfonamides is 1. The van der Waals surface area contributed by atoms with Gasteiger partial charge in [0.15, 0.2) is 0 Å². The van der Waals surface area contributed by atoms with Gasteiger partial charge in [0.1, 0.15) is 4.90 Å². The number of benzene rings is 1. The molecule has 1 aromatic heterocycles. The lowest BCUT2D eigenvalue weighted by Gasteiger charge is -2.08. The van der Waals surface area contributed by atoms with Crippen LogP contribution in [0.3, 0.4) is 0 Å². The molecule has 7 heteroatoms. The lowest BCUT2D eigenvalue weighted by Crippen LogP contribution is -2.13. The van der Waals surface area contributed by atoms with Gasteiger partial charge in [-0.3, -0.25) is 9.52 Å². The first-order valence-corrected chi connectivity index (χ1v) is 8.09. The highest BCUT2D eigenvalue weighted by Crippen LogP contribution is 2.27. The molecule has 1 aromatic carbocycles. The Balaban J connectivity index is 2.38. The van der Waals surface area contributed by atoms with Gasteiger partial charge in [-0.05, 0) is 37.6 Å². The molecule has 2 aromatic rings. The number of amides is 1. The van der Waals surface area contributed by atoms with Crippen LogP contribution in [0.5, 0.6) is 0 Å². The summed E-state index contributed by atoms with van der Waals surface area (Å²) in [6, 6.07) is 8.34. The summed E-state index contributed by atoms with van der Waals surface area (Å²) in [6.45, 7) is 3.51. The second-order valence-electron chi connectivity index (χ2n) is 4.37. The number of hydrogen-bond acceptors (Lipinski definition) is 4. The maximum absolute atomic E-state index is 12.3. The molecule has 0 unspecified atom stereocenters. The zero-order valence-corrected chi connectivity index (χ0v) is 12.6. The summed E-state index contributed by atoms with van der Waals surface area (Å²) in [5.74, 6) is -0.630. The summed E-state index contributed by atoms with van der Waals surface area (Å²) in [4.78, 5) is 12.0. The van der Waals surface area contributed by atoms with Crippen molar-refractivity contribution in [3.63, 3.8) is 0 Å². The van der Waals surface area contributed by atoms with E-state index in [1.165, 1.54) is 6.07 Å². The normalized spacial score (nSPS) is 11.3. The number of primary amides is 1. The highest BCUT2D eigenvalue weighted by atomic mass is 32.2. The van der Waals surface area contributed by atoms with E-state index in [9.17, 15) is 13.2 Å². The van der Waals surface area contributed by atoms with Gasteiger partial charge in [0.25, 0.3) is 15.9 Å². The van der Waals surface area contributed by atoms with Gasteiger partial charge >= 0.3 is 0 Å². The van der Waals surface area contributed by atoms with Crippen molar-refractivity contribution in [2.24, 2.45) is 5.73 Å². The summed E-state index contributed by atoms with van der Waals surface area (Å²) in [5.41, 5.74) is 6.60. The van der Waals surface area contributed by atoms with Gasteiger partial charge in [-0.15, -0.1) is 11.3 Å². The summed E-state index contributed by atoms with van der Waals surface area (Å²) < 4.78 is 27.1. The minimum absolute atomic E-state index is 0.0813. The fraction of sp³-hybridized carbons (Fsp3) is 0.154. The zero-order valence-electron chi connectivity index (χ0n) is 11.0. The third-order valence-corrected chi connectivity index (χ3v) is 5.38. The average molecular weight is 310 g/mol. The van der Waals surface area contributed by atoms with E-state index in [0.717, 1.165) is 16.9 Å². The lowest BCUT2D eigenvalue weighted by molar-refractivity contribution is 0.100. The quantitative estimate of drug-likeness (QED) is 0.907. The van der Waals surface area contributed by atoms with E-state index in [2.05, 4.69) is 4.72 Å². The molecule has 0 bridgehead atoms. The van der Waals surface area contributed by atoms with Crippen molar-refractivity contribution in [2.45, 2.75) is 18.7 Å². The molecule has 0 saturated carbocycles. The molecule has 0 atom stereocenters. The Bertz CT molecular complexity index is 764. The molecular formula is C13H14N2O3S2. The number of nitrogens with two attached hydrogens (primary N) is 1. The van der Waals surface area contributed by atoms with Gasteiger partial charge in [0.2, 0.25) is 0 Å². The van der Waals surface area contributed by atoms with Crippen LogP contribution in [0.25, 0.3) is 0 Å². The fourth-order valence-corrected chi connectivity index (χ4v) is 4.27. The summed E-state index contributed by atoms with van der Waals surface area (Å²) in [5, 5.41) is 0. The van der Waals surface area contributed by atoms with Gasteiger partial charge < -0.3 is 5.73 Å². The number of anilines is 1. The SMILES string of the molecule is Cc1cccc(NS(=O)(=O)c2cc(C(N)=O)sc2C)c1. The van der Waals surface area contributed by atoms with Crippen LogP contribution in [0.2, 0.25) is 0 Å². The van der Waals surface area contributed by atoms with Crippen molar-refractivity contribution in [1.82, 2.24) is 0 Å². The predicted molar refractivity (Wildman–Crippen MR) is 79.6 cm³/mol. The molecule has 106 valence electrons. The predicted octanol–water partition coefficient (Wildman–Crippen LogP) is 2.26. The fourth-order valence-electron chi connectivity index (χ4n) is 1.77. The van der Waals surface area contributed by atoms with Gasteiger partial charge in [0, 0.05) is 10.6 Å². The van der Waals surface area contributed by atoms with Crippen LogP contribution in [0.15, 0.2) is 35.2 Å². The summed E-state index contributed by atoms with van der Waals surface area (Å²) >= 11 is 1.07. The lowest BCUT2D eigenvalue weighted by atomic mass is 10.2. The molecular weight excluding hydrogens is 296 g/mol. The molecule has 0 saturated heterocycles. The molecule has 0 radical (unpaired) electrons. The maximum Gasteiger partial charge on any atom is 0.263 e. The topological polar surface area (TPSA) is 89.3 Å². The highest BCUT2D eigenvalue weighted by Gasteiger charge is 2.21. The van der Waals surface area contributed by atoms with Crippen molar-refractivity contribution < 1.29 is 13.2 Å². The molecule has 2 rings (SSSR count). The molecule has 5 nitrogen and oxygen atoms in total. The van der Waals surface area contributed by atoms with Crippen molar-refractivity contribution in [3.05, 3.63) is 45.6 Å². The van der Waals surface area contributed by atoms with Crippen molar-refractivity contribution >= 4 is 33.0 Å². The first-order valence-electron chi connectivity index (χ1n) is 5.79. The van der Waals surface area contributed by atoms with E-state index in [0.29, 0.717) is 10.6 Å². The third kappa shape index (κ3) is 3.00. The number of aryl methyl sites for hydroxylation is 2. The Morgan fingerprint density at radius 2 is 1.95 bits per heavy atom. The van der Waals surface area contributed by atoms with Gasteiger partial charge in [0.05, 0.1) is 4.88 Å². The molecule has 1 amide bonds. The summed E-state index contributed by atoms with van der Waals surface area (Å²) in [7, 11) is -3.72. The van der Waals surface area contributed by atoms with Gasteiger partial charge in [-0.2, -0.15) is 0 Å². The molecule has 0 aliphatic carbocycles. The molecule has 0 fully saturated rings. The Morgan fingerprint density at radius 1 is 1.25 bits per heavy atom. The Kier molecular flexibility index (Phi) is 3.82. The second kappa shape index (κ2) is 5.26. The van der Waals surface area contributed by atoms with Crippen LogP contribution >= 0.6 is 11.3 Å². The van der Waals surface area contributed by atoms with Crippen molar-refractivity contribution in [1.29, 1.82) is 0 Å². The molecule has 20 heavy (non-hydrogen) atoms. The average Bonchev–Trinajstić information content (AvgIpc) is 2.71. The molecule has 3 N–H and O–H groups in total. The van der Waals surface area contributed by atoms with E-state index in [1.807, 2.05) is 13.0 Å². The zero-order chi connectivity index (χ0) is 14.9. The molecule has 0 aliphatic rings. The van der Waals surface area contributed by atoms with E-state index in [4.69, 9.17) is 5.73 Å². The number of carbonyl (C=O) groups excluding carboxylic acids is 1. The molecule has 0 aliphatic heterocycles. The van der Waals surface area contributed by atoms with Crippen LogP contribution in [-0.2, 0) is 10.0 Å². The van der Waals surface area contributed by atoms with E-state index in [1.54, 1.807) is 25.1 Å². The van der Waals surface area contributed by atoms with Crippen LogP contribution in [0.4, 0.5) is 5.69 Å². The van der Waals surface area contributed by atoms with Gasteiger partial charge in [-0.25, -0.2) is 8.42 Å². The first kappa shape index (κ1) is 14.5. The monoisotopic (exact) mass is 310 g/mol. The van der Waals surface area contributed by atoms with Crippen LogP contribution < -0.4 is 10.5 Å². The largest absolute Gasteiger partial charge is 0.365 e. The van der Waals surface area contributed by atoms with Gasteiger partial charge in [-0.1, -0.05) is 12.1 Å². The number of nitrogens with one attached hydrogen (secondary N) is 1. The first-order chi connectivity index (χ1) is 9.29. The van der Waals surface area contributed by atoms with E-state index in [-0.39, 0.29) is 9.77 Å². The number of carbonyl (C=O) groups is 1. The van der Waals surface area contributed by atoms with Crippen LogP contribution in [-0.4, -0.2) is 14.3 Å². The standard InChI is InChI=1S/C13H14N2O3S2/c1-8-4-3-5-10(6-8)15-20(17,18)12-7-11(13(14)16)19-9(12)2/h3-7,15H,1-2H3,(H2,14,16). The number of thiophene rings is 1. The van der Waals surface area contributed by atoms with E-state index >= 15 is 0 Å². The number of hydrogen-bond donors (Lipinski definition) is 2. The Labute approximate surface area is 121 Å². The second-order valence-corrected chi connectivity index (χ2v) is 7.28. The number of rotatable bonds is 4. The van der Waals surface area contributed by atoms with Crippen molar-refractivity contribution in [3.8, 4) is 0 Å². The minimum atomic E-state index is -3.72. The van der Waals surface area contributed by atoms with E-state index < -0.39 is 15.9 Å². The molecule has 1 heterocycles. The third-order valence-electron chi connectivity index (χ3n) is 2.67. The van der Waals surface area contributed by atoms with Crippen LogP contribution in [0.1, 0.15) is 20.1 Å². The maximum atomic E-state index is 12.3. The van der Waals surface area contributed by atoms with Crippen molar-refractivity contribution in [2.75, 3.05) is 4.72 Å². The molecule has 0 spiro atoms. The summed E-state index contributed by atoms with van der Waals surface area (Å²) in [6.07, 6.45) is 0. The highest BCUT2D eigenvalue weighted by molar-refractivity contribution is 7.93. The Hall–Kier alpha value is -1.86. The minimum Gasteiger partial charge on any atom is -0.365 e. The Morgan fingerprint density at radius 3 is 2.50 bits per heavy atom. The van der Waals surface area contributed by atoms with Crippen LogP contribution in [0, 0.1) is 13.8 Å². The smallest absolute Gasteiger partial charge is 0.263 e.